The molecular formula is C13H12N4O4. The lowest BCUT2D eigenvalue weighted by molar-refractivity contribution is -0.384. The number of amidine groups is 1. The van der Waals surface area contributed by atoms with Crippen LogP contribution in [0.5, 0.6) is 11.6 Å². The van der Waals surface area contributed by atoms with Crippen LogP contribution in [-0.2, 0) is 0 Å². The molecule has 0 aliphatic carbocycles. The van der Waals surface area contributed by atoms with Crippen molar-refractivity contribution in [3.05, 3.63) is 57.8 Å². The molecule has 1 heterocycles. The van der Waals surface area contributed by atoms with Crippen molar-refractivity contribution in [3.63, 3.8) is 0 Å². The van der Waals surface area contributed by atoms with Gasteiger partial charge in [0.25, 0.3) is 5.69 Å². The van der Waals surface area contributed by atoms with Crippen molar-refractivity contribution in [2.24, 2.45) is 10.9 Å². The molecule has 1 aromatic carbocycles. The van der Waals surface area contributed by atoms with Crippen molar-refractivity contribution in [2.75, 3.05) is 0 Å². The first kappa shape index (κ1) is 14.3. The third kappa shape index (κ3) is 3.06. The van der Waals surface area contributed by atoms with E-state index in [1.54, 1.807) is 25.1 Å². The van der Waals surface area contributed by atoms with Gasteiger partial charge in [0.1, 0.15) is 5.75 Å². The molecule has 0 saturated heterocycles. The molecule has 0 aliphatic rings. The molecule has 0 fully saturated rings. The summed E-state index contributed by atoms with van der Waals surface area (Å²) in [4.78, 5) is 14.3. The normalized spacial score (nSPS) is 11.2. The number of nitro benzene ring substituents is 1. The monoisotopic (exact) mass is 288 g/mol. The lowest BCUT2D eigenvalue weighted by atomic mass is 10.2. The number of rotatable bonds is 4. The van der Waals surface area contributed by atoms with Gasteiger partial charge in [-0.3, -0.25) is 10.1 Å². The standard InChI is InChI=1S/C13H12N4O4/c1-8-4-5-9(17(19)20)7-11(8)21-13-10(12(14)16-18)3-2-6-15-13/h2-7,18H,1H3,(H2,14,16). The fraction of sp³-hybridized carbons (Fsp3) is 0.0769. The van der Waals surface area contributed by atoms with Gasteiger partial charge in [-0.1, -0.05) is 5.16 Å². The second kappa shape index (κ2) is 5.87. The average Bonchev–Trinajstić information content (AvgIpc) is 2.49. The maximum Gasteiger partial charge on any atom is 0.273 e. The average molecular weight is 288 g/mol. The van der Waals surface area contributed by atoms with Crippen molar-refractivity contribution in [1.82, 2.24) is 4.98 Å². The molecule has 8 heteroatoms. The third-order valence-corrected chi connectivity index (χ3v) is 2.74. The van der Waals surface area contributed by atoms with Gasteiger partial charge in [0, 0.05) is 12.3 Å². The summed E-state index contributed by atoms with van der Waals surface area (Å²) in [5.74, 6) is 0.201. The highest BCUT2D eigenvalue weighted by Gasteiger charge is 2.14. The Morgan fingerprint density at radius 3 is 2.90 bits per heavy atom. The molecule has 8 nitrogen and oxygen atoms in total. The van der Waals surface area contributed by atoms with Crippen LogP contribution in [-0.4, -0.2) is 21.0 Å². The Morgan fingerprint density at radius 2 is 2.24 bits per heavy atom. The van der Waals surface area contributed by atoms with Gasteiger partial charge in [0.15, 0.2) is 5.84 Å². The SMILES string of the molecule is Cc1ccc([N+](=O)[O-])cc1Oc1ncccc1/C(N)=N/O. The number of nitrogens with zero attached hydrogens (tertiary/aromatic N) is 3. The Balaban J connectivity index is 2.43. The van der Waals surface area contributed by atoms with Gasteiger partial charge in [-0.25, -0.2) is 4.98 Å². The summed E-state index contributed by atoms with van der Waals surface area (Å²) in [6, 6.07) is 7.40. The molecule has 0 unspecified atom stereocenters. The molecule has 2 rings (SSSR count). The van der Waals surface area contributed by atoms with Gasteiger partial charge in [-0.15, -0.1) is 0 Å². The van der Waals surface area contributed by atoms with Crippen LogP contribution in [0.25, 0.3) is 0 Å². The zero-order chi connectivity index (χ0) is 15.4. The molecular weight excluding hydrogens is 276 g/mol. The number of aromatic nitrogens is 1. The van der Waals surface area contributed by atoms with Crippen LogP contribution in [0.4, 0.5) is 5.69 Å². The fourth-order valence-electron chi connectivity index (χ4n) is 1.64. The van der Waals surface area contributed by atoms with Crippen LogP contribution < -0.4 is 10.5 Å². The Morgan fingerprint density at radius 1 is 1.48 bits per heavy atom. The number of hydrogen-bond donors (Lipinski definition) is 2. The first-order valence-electron chi connectivity index (χ1n) is 5.88. The lowest BCUT2D eigenvalue weighted by Crippen LogP contribution is -2.14. The topological polar surface area (TPSA) is 124 Å². The maximum atomic E-state index is 10.8. The molecule has 0 saturated carbocycles. The highest BCUT2D eigenvalue weighted by molar-refractivity contribution is 5.99. The van der Waals surface area contributed by atoms with E-state index < -0.39 is 4.92 Å². The summed E-state index contributed by atoms with van der Waals surface area (Å²) in [5.41, 5.74) is 6.41. The second-order valence-corrected chi connectivity index (χ2v) is 4.15. The number of pyridine rings is 1. The predicted molar refractivity (Wildman–Crippen MR) is 74.7 cm³/mol. The zero-order valence-corrected chi connectivity index (χ0v) is 11.1. The number of nitrogens with two attached hydrogens (primary N) is 1. The summed E-state index contributed by atoms with van der Waals surface area (Å²) in [6.45, 7) is 1.74. The fourth-order valence-corrected chi connectivity index (χ4v) is 1.64. The van der Waals surface area contributed by atoms with Crippen molar-refractivity contribution >= 4 is 11.5 Å². The van der Waals surface area contributed by atoms with E-state index in [9.17, 15) is 10.1 Å². The number of non-ortho nitro benzene ring substituents is 1. The smallest absolute Gasteiger partial charge is 0.273 e. The van der Waals surface area contributed by atoms with Gasteiger partial charge in [-0.2, -0.15) is 0 Å². The number of hydrogen-bond acceptors (Lipinski definition) is 6. The summed E-state index contributed by atoms with van der Waals surface area (Å²) in [7, 11) is 0. The van der Waals surface area contributed by atoms with Gasteiger partial charge in [-0.05, 0) is 30.7 Å². The lowest BCUT2D eigenvalue weighted by Gasteiger charge is -2.10. The summed E-state index contributed by atoms with van der Waals surface area (Å²) in [5, 5.41) is 22.4. The van der Waals surface area contributed by atoms with Crippen LogP contribution in [0.15, 0.2) is 41.7 Å². The molecule has 0 radical (unpaired) electrons. The third-order valence-electron chi connectivity index (χ3n) is 2.74. The Kier molecular flexibility index (Phi) is 3.98. The van der Waals surface area contributed by atoms with Crippen molar-refractivity contribution in [2.45, 2.75) is 6.92 Å². The van der Waals surface area contributed by atoms with Crippen LogP contribution in [0.3, 0.4) is 0 Å². The molecule has 3 N–H and O–H groups in total. The first-order chi connectivity index (χ1) is 10.0. The molecule has 0 atom stereocenters. The zero-order valence-electron chi connectivity index (χ0n) is 11.1. The van der Waals surface area contributed by atoms with Crippen LogP contribution in [0.2, 0.25) is 0 Å². The van der Waals surface area contributed by atoms with E-state index in [4.69, 9.17) is 15.7 Å². The summed E-state index contributed by atoms with van der Waals surface area (Å²) < 4.78 is 5.57. The minimum absolute atomic E-state index is 0.0939. The quantitative estimate of drug-likeness (QED) is 0.292. The molecule has 0 spiro atoms. The molecule has 0 amide bonds. The molecule has 1 aromatic heterocycles. The van der Waals surface area contributed by atoms with Gasteiger partial charge < -0.3 is 15.7 Å². The van der Waals surface area contributed by atoms with Crippen LogP contribution in [0, 0.1) is 17.0 Å². The van der Waals surface area contributed by atoms with Crippen molar-refractivity contribution in [1.29, 1.82) is 0 Å². The highest BCUT2D eigenvalue weighted by Crippen LogP contribution is 2.29. The van der Waals surface area contributed by atoms with E-state index in [1.807, 2.05) is 0 Å². The number of ether oxygens (including phenoxy) is 1. The van der Waals surface area contributed by atoms with Gasteiger partial charge >= 0.3 is 0 Å². The molecule has 21 heavy (non-hydrogen) atoms. The number of nitro groups is 1. The number of aryl methyl sites for hydroxylation is 1. The van der Waals surface area contributed by atoms with E-state index in [1.165, 1.54) is 18.3 Å². The van der Waals surface area contributed by atoms with E-state index in [0.717, 1.165) is 0 Å². The minimum atomic E-state index is -0.519. The van der Waals surface area contributed by atoms with Crippen molar-refractivity contribution in [3.8, 4) is 11.6 Å². The van der Waals surface area contributed by atoms with Gasteiger partial charge in [0.05, 0.1) is 16.6 Å². The molecule has 2 aromatic rings. The first-order valence-corrected chi connectivity index (χ1v) is 5.88. The summed E-state index contributed by atoms with van der Waals surface area (Å²) in [6.07, 6.45) is 1.47. The predicted octanol–water partition coefficient (Wildman–Crippen LogP) is 2.19. The summed E-state index contributed by atoms with van der Waals surface area (Å²) >= 11 is 0. The Hall–Kier alpha value is -3.16. The van der Waals surface area contributed by atoms with E-state index in [-0.39, 0.29) is 28.7 Å². The number of oxime groups is 1. The largest absolute Gasteiger partial charge is 0.438 e. The van der Waals surface area contributed by atoms with E-state index in [0.29, 0.717) is 5.56 Å². The highest BCUT2D eigenvalue weighted by atomic mass is 16.6. The number of benzene rings is 1. The Bertz CT molecular complexity index is 715. The molecule has 108 valence electrons. The van der Waals surface area contributed by atoms with E-state index >= 15 is 0 Å². The van der Waals surface area contributed by atoms with Crippen molar-refractivity contribution < 1.29 is 14.9 Å². The van der Waals surface area contributed by atoms with E-state index in [2.05, 4.69) is 10.1 Å². The van der Waals surface area contributed by atoms with Gasteiger partial charge in [0.2, 0.25) is 5.88 Å². The van der Waals surface area contributed by atoms with Crippen LogP contribution in [0.1, 0.15) is 11.1 Å². The maximum absolute atomic E-state index is 10.8. The second-order valence-electron chi connectivity index (χ2n) is 4.15. The molecule has 0 aliphatic heterocycles. The minimum Gasteiger partial charge on any atom is -0.438 e. The Labute approximate surface area is 119 Å². The van der Waals surface area contributed by atoms with Crippen LogP contribution >= 0.6 is 0 Å². The molecule has 0 bridgehead atoms.